The standard InChI is InChI=1S/C16H27O2Si/c1-4-5-6-7-8-11-14-18-19(17-3)16-13-10-9-12-15(16)2/h9-10,12-13H,4-8,11,14H2,1-3H3. The fraction of sp³-hybridized carbons (Fsp3) is 0.625. The van der Waals surface area contributed by atoms with Crippen LogP contribution < -0.4 is 5.19 Å². The van der Waals surface area contributed by atoms with E-state index in [2.05, 4.69) is 38.1 Å². The van der Waals surface area contributed by atoms with Crippen LogP contribution in [0.1, 0.15) is 51.0 Å². The second-order valence-electron chi connectivity index (χ2n) is 4.92. The lowest BCUT2D eigenvalue weighted by molar-refractivity contribution is 0.234. The average Bonchev–Trinajstić information content (AvgIpc) is 2.43. The highest BCUT2D eigenvalue weighted by Crippen LogP contribution is 2.06. The van der Waals surface area contributed by atoms with Crippen LogP contribution in [-0.4, -0.2) is 23.0 Å². The molecule has 3 heteroatoms. The van der Waals surface area contributed by atoms with Gasteiger partial charge in [-0.3, -0.25) is 0 Å². The monoisotopic (exact) mass is 279 g/mol. The number of rotatable bonds is 10. The summed E-state index contributed by atoms with van der Waals surface area (Å²) in [6, 6.07) is 8.35. The Kier molecular flexibility index (Phi) is 8.79. The first kappa shape index (κ1) is 16.4. The van der Waals surface area contributed by atoms with Crippen molar-refractivity contribution in [3.8, 4) is 0 Å². The fourth-order valence-corrected chi connectivity index (χ4v) is 3.56. The Hall–Kier alpha value is -0.643. The van der Waals surface area contributed by atoms with Crippen molar-refractivity contribution in [2.75, 3.05) is 13.7 Å². The summed E-state index contributed by atoms with van der Waals surface area (Å²) in [6.07, 6.45) is 7.77. The molecule has 0 aliphatic carbocycles. The largest absolute Gasteiger partial charge is 0.423 e. The Morgan fingerprint density at radius 1 is 1.00 bits per heavy atom. The van der Waals surface area contributed by atoms with Crippen molar-refractivity contribution in [2.24, 2.45) is 0 Å². The van der Waals surface area contributed by atoms with Crippen LogP contribution in [0.15, 0.2) is 24.3 Å². The molecule has 0 bridgehead atoms. The maximum atomic E-state index is 5.94. The summed E-state index contributed by atoms with van der Waals surface area (Å²) >= 11 is 0. The predicted molar refractivity (Wildman–Crippen MR) is 82.9 cm³/mol. The van der Waals surface area contributed by atoms with Gasteiger partial charge in [0.15, 0.2) is 0 Å². The second kappa shape index (κ2) is 10.2. The van der Waals surface area contributed by atoms with E-state index in [1.807, 2.05) is 0 Å². The van der Waals surface area contributed by atoms with E-state index in [1.54, 1.807) is 7.11 Å². The van der Waals surface area contributed by atoms with Crippen LogP contribution in [-0.2, 0) is 8.85 Å². The van der Waals surface area contributed by atoms with Gasteiger partial charge in [0, 0.05) is 13.7 Å². The summed E-state index contributed by atoms with van der Waals surface area (Å²) in [5.41, 5.74) is 1.26. The molecule has 0 aromatic heterocycles. The molecular weight excluding hydrogens is 252 g/mol. The zero-order valence-electron chi connectivity index (χ0n) is 12.6. The molecule has 1 rings (SSSR count). The number of hydrogen-bond donors (Lipinski definition) is 0. The molecule has 0 saturated heterocycles. The summed E-state index contributed by atoms with van der Waals surface area (Å²) in [6.45, 7) is 5.19. The van der Waals surface area contributed by atoms with Crippen LogP contribution in [0, 0.1) is 6.92 Å². The van der Waals surface area contributed by atoms with Gasteiger partial charge in [0.25, 0.3) is 0 Å². The van der Waals surface area contributed by atoms with Crippen LogP contribution in [0.4, 0.5) is 0 Å². The van der Waals surface area contributed by atoms with Gasteiger partial charge in [-0.15, -0.1) is 0 Å². The first-order valence-corrected chi connectivity index (χ1v) is 8.71. The molecule has 0 N–H and O–H groups in total. The molecule has 1 radical (unpaired) electrons. The molecule has 107 valence electrons. The minimum Gasteiger partial charge on any atom is -0.393 e. The molecule has 0 amide bonds. The summed E-state index contributed by atoms with van der Waals surface area (Å²) in [4.78, 5) is 0. The minimum absolute atomic E-state index is 0.822. The molecule has 0 unspecified atom stereocenters. The van der Waals surface area contributed by atoms with Gasteiger partial charge >= 0.3 is 9.28 Å². The third-order valence-electron chi connectivity index (χ3n) is 3.28. The Labute approximate surface area is 120 Å². The highest BCUT2D eigenvalue weighted by molar-refractivity contribution is 6.61. The minimum atomic E-state index is -1.29. The lowest BCUT2D eigenvalue weighted by atomic mass is 10.1. The van der Waals surface area contributed by atoms with Gasteiger partial charge in [-0.25, -0.2) is 0 Å². The van der Waals surface area contributed by atoms with E-state index in [0.717, 1.165) is 13.0 Å². The van der Waals surface area contributed by atoms with Crippen molar-refractivity contribution in [3.05, 3.63) is 29.8 Å². The molecule has 1 aromatic carbocycles. The summed E-state index contributed by atoms with van der Waals surface area (Å²) in [5.74, 6) is 0. The normalized spacial score (nSPS) is 11.2. The molecule has 0 fully saturated rings. The Bertz CT molecular complexity index is 341. The van der Waals surface area contributed by atoms with Crippen molar-refractivity contribution in [1.29, 1.82) is 0 Å². The summed E-state index contributed by atoms with van der Waals surface area (Å²) in [5, 5.41) is 1.24. The molecule has 0 spiro atoms. The molecule has 1 aromatic rings. The van der Waals surface area contributed by atoms with Crippen LogP contribution in [0.25, 0.3) is 0 Å². The molecule has 2 nitrogen and oxygen atoms in total. The van der Waals surface area contributed by atoms with Crippen molar-refractivity contribution in [2.45, 2.75) is 52.4 Å². The van der Waals surface area contributed by atoms with Crippen molar-refractivity contribution in [1.82, 2.24) is 0 Å². The van der Waals surface area contributed by atoms with Gasteiger partial charge in [-0.2, -0.15) is 0 Å². The highest BCUT2D eigenvalue weighted by atomic mass is 28.3. The van der Waals surface area contributed by atoms with Gasteiger partial charge in [-0.05, 0) is 24.1 Å². The van der Waals surface area contributed by atoms with Crippen LogP contribution >= 0.6 is 0 Å². The highest BCUT2D eigenvalue weighted by Gasteiger charge is 2.18. The smallest absolute Gasteiger partial charge is 0.393 e. The SMILES string of the molecule is CCCCCCCCO[Si](OC)c1ccccc1C. The van der Waals surface area contributed by atoms with Crippen molar-refractivity contribution < 1.29 is 8.85 Å². The zero-order valence-corrected chi connectivity index (χ0v) is 13.6. The number of aryl methyl sites for hydroxylation is 1. The lowest BCUT2D eigenvalue weighted by Gasteiger charge is -2.14. The van der Waals surface area contributed by atoms with Crippen LogP contribution in [0.5, 0.6) is 0 Å². The maximum absolute atomic E-state index is 5.94. The van der Waals surface area contributed by atoms with E-state index in [0.29, 0.717) is 0 Å². The topological polar surface area (TPSA) is 18.5 Å². The first-order valence-electron chi connectivity index (χ1n) is 7.39. The molecular formula is C16H27O2Si. The molecule has 0 saturated carbocycles. The number of unbranched alkanes of at least 4 members (excludes halogenated alkanes) is 5. The predicted octanol–water partition coefficient (Wildman–Crippen LogP) is 3.71. The summed E-state index contributed by atoms with van der Waals surface area (Å²) in [7, 11) is 0.463. The Morgan fingerprint density at radius 2 is 1.68 bits per heavy atom. The Balaban J connectivity index is 2.24. The van der Waals surface area contributed by atoms with Crippen LogP contribution in [0.3, 0.4) is 0 Å². The van der Waals surface area contributed by atoms with Gasteiger partial charge in [-0.1, -0.05) is 63.3 Å². The average molecular weight is 279 g/mol. The zero-order chi connectivity index (χ0) is 13.9. The van der Waals surface area contributed by atoms with Crippen molar-refractivity contribution in [3.63, 3.8) is 0 Å². The number of benzene rings is 1. The molecule has 0 aliphatic rings. The van der Waals surface area contributed by atoms with E-state index >= 15 is 0 Å². The lowest BCUT2D eigenvalue weighted by Crippen LogP contribution is -2.37. The Morgan fingerprint density at radius 3 is 2.37 bits per heavy atom. The third-order valence-corrected chi connectivity index (χ3v) is 5.12. The van der Waals surface area contributed by atoms with Gasteiger partial charge < -0.3 is 8.85 Å². The quantitative estimate of drug-likeness (QED) is 0.480. The number of hydrogen-bond acceptors (Lipinski definition) is 2. The maximum Gasteiger partial charge on any atom is 0.423 e. The van der Waals surface area contributed by atoms with E-state index in [-0.39, 0.29) is 0 Å². The molecule has 19 heavy (non-hydrogen) atoms. The third kappa shape index (κ3) is 6.37. The van der Waals surface area contributed by atoms with Crippen LogP contribution in [0.2, 0.25) is 0 Å². The van der Waals surface area contributed by atoms with Crippen molar-refractivity contribution >= 4 is 14.5 Å². The van der Waals surface area contributed by atoms with E-state index in [4.69, 9.17) is 8.85 Å². The van der Waals surface area contributed by atoms with Gasteiger partial charge in [0.05, 0.1) is 0 Å². The van der Waals surface area contributed by atoms with E-state index in [1.165, 1.54) is 42.9 Å². The van der Waals surface area contributed by atoms with Gasteiger partial charge in [0.2, 0.25) is 0 Å². The fourth-order valence-electron chi connectivity index (χ4n) is 2.10. The first-order chi connectivity index (χ1) is 9.29. The summed E-state index contributed by atoms with van der Waals surface area (Å²) < 4.78 is 11.5. The van der Waals surface area contributed by atoms with Gasteiger partial charge in [0.1, 0.15) is 0 Å². The van der Waals surface area contributed by atoms with E-state index in [9.17, 15) is 0 Å². The molecule has 0 aliphatic heterocycles. The van der Waals surface area contributed by atoms with E-state index < -0.39 is 9.28 Å². The molecule has 0 atom stereocenters. The molecule has 0 heterocycles. The second-order valence-corrected chi connectivity index (χ2v) is 6.73.